The maximum absolute atomic E-state index is 13.2. The van der Waals surface area contributed by atoms with Crippen LogP contribution in [0.3, 0.4) is 0 Å². The van der Waals surface area contributed by atoms with Crippen molar-refractivity contribution in [3.8, 4) is 10.6 Å². The number of aryl methyl sites for hydroxylation is 1. The largest absolute Gasteiger partial charge is 0.298 e. The van der Waals surface area contributed by atoms with Crippen LogP contribution in [0.1, 0.15) is 17.1 Å². The Bertz CT molecular complexity index is 958. The zero-order chi connectivity index (χ0) is 18.1. The van der Waals surface area contributed by atoms with Crippen LogP contribution in [0.25, 0.3) is 21.3 Å². The van der Waals surface area contributed by atoms with Gasteiger partial charge in [0.05, 0.1) is 13.0 Å². The number of alkyl halides is 1. The van der Waals surface area contributed by atoms with Gasteiger partial charge >= 0.3 is 0 Å². The van der Waals surface area contributed by atoms with Gasteiger partial charge in [0, 0.05) is 35.9 Å². The molecule has 0 bridgehead atoms. The average Bonchev–Trinajstić information content (AvgIpc) is 3.22. The molecule has 3 aromatic rings. The highest BCUT2D eigenvalue weighted by atomic mass is 32.1. The van der Waals surface area contributed by atoms with Gasteiger partial charge in [-0.15, -0.1) is 10.2 Å². The van der Waals surface area contributed by atoms with Crippen molar-refractivity contribution in [3.05, 3.63) is 41.2 Å². The lowest BCUT2D eigenvalue weighted by Gasteiger charge is -2.13. The van der Waals surface area contributed by atoms with Crippen molar-refractivity contribution in [3.63, 3.8) is 0 Å². The highest BCUT2D eigenvalue weighted by Crippen LogP contribution is 2.27. The van der Waals surface area contributed by atoms with Gasteiger partial charge in [-0.25, -0.2) is 4.39 Å². The molecule has 0 spiro atoms. The highest BCUT2D eigenvalue weighted by Gasteiger charge is 2.23. The Morgan fingerprint density at radius 3 is 2.92 bits per heavy atom. The zero-order valence-electron chi connectivity index (χ0n) is 14.5. The van der Waals surface area contributed by atoms with Crippen molar-refractivity contribution in [1.29, 1.82) is 0 Å². The van der Waals surface area contributed by atoms with E-state index in [-0.39, 0.29) is 12.2 Å². The molecule has 0 radical (unpaired) electrons. The molecule has 1 fully saturated rings. The fourth-order valence-corrected chi connectivity index (χ4v) is 3.95. The number of benzene rings is 1. The number of fused-ring (bicyclic) bond motifs is 1. The van der Waals surface area contributed by atoms with E-state index in [0.29, 0.717) is 26.1 Å². The van der Waals surface area contributed by atoms with Crippen molar-refractivity contribution in [2.24, 2.45) is 0 Å². The van der Waals surface area contributed by atoms with E-state index in [0.717, 1.165) is 32.0 Å². The molecular weight excluding hydrogens is 351 g/mol. The third kappa shape index (κ3) is 3.78. The summed E-state index contributed by atoms with van der Waals surface area (Å²) in [7, 11) is 0. The van der Waals surface area contributed by atoms with Crippen LogP contribution in [0.5, 0.6) is 0 Å². The van der Waals surface area contributed by atoms with E-state index < -0.39 is 6.17 Å². The Kier molecular flexibility index (Phi) is 4.74. The van der Waals surface area contributed by atoms with Gasteiger partial charge in [0.15, 0.2) is 5.78 Å². The third-order valence-corrected chi connectivity index (χ3v) is 5.43. The summed E-state index contributed by atoms with van der Waals surface area (Å²) in [5.41, 5.74) is 1.75. The Balaban J connectivity index is 1.51. The number of pyridine rings is 1. The fourth-order valence-electron chi connectivity index (χ4n) is 3.27. The lowest BCUT2D eigenvalue weighted by Crippen LogP contribution is -2.29. The molecule has 26 heavy (non-hydrogen) atoms. The number of Topliss-reactive ketones (excluding diaryl/α,β-unsaturated/α-hetero) is 1. The maximum Gasteiger partial charge on any atom is 0.152 e. The van der Waals surface area contributed by atoms with Crippen molar-refractivity contribution < 1.29 is 9.18 Å². The second kappa shape index (κ2) is 7.17. The molecular formula is C19H19FN4OS. The molecule has 0 N–H and O–H groups in total. The van der Waals surface area contributed by atoms with Gasteiger partial charge in [-0.05, 0) is 30.9 Å². The average molecular weight is 370 g/mol. The predicted molar refractivity (Wildman–Crippen MR) is 100 cm³/mol. The summed E-state index contributed by atoms with van der Waals surface area (Å²) < 4.78 is 13.2. The minimum absolute atomic E-state index is 0.0712. The van der Waals surface area contributed by atoms with Gasteiger partial charge in [-0.1, -0.05) is 23.5 Å². The molecule has 1 saturated heterocycles. The molecule has 4 rings (SSSR count). The number of hydrogen-bond acceptors (Lipinski definition) is 6. The molecule has 1 aromatic carbocycles. The molecule has 1 aliphatic heterocycles. The summed E-state index contributed by atoms with van der Waals surface area (Å²) in [6.07, 6.45) is 1.78. The number of carbonyl (C=O) groups excluding carboxylic acids is 1. The molecule has 3 heterocycles. The van der Waals surface area contributed by atoms with Crippen LogP contribution in [-0.2, 0) is 11.2 Å². The third-order valence-electron chi connectivity index (χ3n) is 4.54. The summed E-state index contributed by atoms with van der Waals surface area (Å²) in [4.78, 5) is 18.6. The quantitative estimate of drug-likeness (QED) is 0.690. The lowest BCUT2D eigenvalue weighted by atomic mass is 10.1. The summed E-state index contributed by atoms with van der Waals surface area (Å²) in [6.45, 7) is 3.25. The van der Waals surface area contributed by atoms with E-state index in [4.69, 9.17) is 0 Å². The molecule has 7 heteroatoms. The second-order valence-electron chi connectivity index (χ2n) is 6.70. The van der Waals surface area contributed by atoms with Gasteiger partial charge in [0.1, 0.15) is 16.2 Å². The number of rotatable bonds is 5. The van der Waals surface area contributed by atoms with Gasteiger partial charge in [-0.2, -0.15) is 0 Å². The van der Waals surface area contributed by atoms with Crippen molar-refractivity contribution >= 4 is 27.9 Å². The van der Waals surface area contributed by atoms with E-state index in [1.807, 2.05) is 30.0 Å². The normalized spacial score (nSPS) is 17.8. The first-order valence-electron chi connectivity index (χ1n) is 8.64. The standard InChI is InChI=1S/C19H19FN4OS/c1-12-22-23-19(26-12)13-2-3-14-9-21-17(7-15(14)6-13)8-18(25)11-24-5-4-16(20)10-24/h2-3,6-7,9,16H,4-5,8,10-11H2,1H3/t16-/m0/s1. The molecule has 134 valence electrons. The predicted octanol–water partition coefficient (Wildman–Crippen LogP) is 3.22. The lowest BCUT2D eigenvalue weighted by molar-refractivity contribution is -0.119. The van der Waals surface area contributed by atoms with Crippen LogP contribution >= 0.6 is 11.3 Å². The Morgan fingerprint density at radius 1 is 1.31 bits per heavy atom. The SMILES string of the molecule is Cc1nnc(-c2ccc3cnc(CC(=O)CN4CC[C@H](F)C4)cc3c2)s1. The van der Waals surface area contributed by atoms with Gasteiger partial charge in [-0.3, -0.25) is 14.7 Å². The van der Waals surface area contributed by atoms with Crippen molar-refractivity contribution in [1.82, 2.24) is 20.1 Å². The van der Waals surface area contributed by atoms with Crippen LogP contribution in [0.4, 0.5) is 4.39 Å². The maximum atomic E-state index is 13.2. The molecule has 2 aromatic heterocycles. The first kappa shape index (κ1) is 17.2. The number of hydrogen-bond donors (Lipinski definition) is 0. The van der Waals surface area contributed by atoms with Gasteiger partial charge < -0.3 is 0 Å². The molecule has 1 atom stereocenters. The smallest absolute Gasteiger partial charge is 0.152 e. The fraction of sp³-hybridized carbons (Fsp3) is 0.368. The summed E-state index contributed by atoms with van der Waals surface area (Å²) in [5, 5.41) is 12.1. The molecule has 1 aliphatic rings. The number of halogens is 1. The van der Waals surface area contributed by atoms with E-state index in [1.54, 1.807) is 17.5 Å². The number of aromatic nitrogens is 3. The van der Waals surface area contributed by atoms with Gasteiger partial charge in [0.25, 0.3) is 0 Å². The van der Waals surface area contributed by atoms with E-state index >= 15 is 0 Å². The Labute approximate surface area is 154 Å². The van der Waals surface area contributed by atoms with Crippen molar-refractivity contribution in [2.45, 2.75) is 25.9 Å². The number of likely N-dealkylation sites (tertiary alicyclic amines) is 1. The summed E-state index contributed by atoms with van der Waals surface area (Å²) in [6, 6.07) is 8.02. The number of carbonyl (C=O) groups is 1. The number of ketones is 1. The topological polar surface area (TPSA) is 59.0 Å². The zero-order valence-corrected chi connectivity index (χ0v) is 15.3. The van der Waals surface area contributed by atoms with Crippen LogP contribution in [0.15, 0.2) is 30.5 Å². The molecule has 5 nitrogen and oxygen atoms in total. The minimum atomic E-state index is -0.802. The second-order valence-corrected chi connectivity index (χ2v) is 7.88. The van der Waals surface area contributed by atoms with Gasteiger partial charge in [0.2, 0.25) is 0 Å². The highest BCUT2D eigenvalue weighted by molar-refractivity contribution is 7.14. The first-order chi connectivity index (χ1) is 12.6. The first-order valence-corrected chi connectivity index (χ1v) is 9.46. The van der Waals surface area contributed by atoms with E-state index in [1.165, 1.54) is 0 Å². The molecule has 0 unspecified atom stereocenters. The van der Waals surface area contributed by atoms with Crippen LogP contribution in [-0.4, -0.2) is 51.7 Å². The van der Waals surface area contributed by atoms with E-state index in [9.17, 15) is 9.18 Å². The molecule has 0 aliphatic carbocycles. The minimum Gasteiger partial charge on any atom is -0.298 e. The van der Waals surface area contributed by atoms with Crippen LogP contribution in [0, 0.1) is 6.92 Å². The van der Waals surface area contributed by atoms with E-state index in [2.05, 4.69) is 21.2 Å². The Hall–Kier alpha value is -2.25. The van der Waals surface area contributed by atoms with Crippen LogP contribution in [0.2, 0.25) is 0 Å². The van der Waals surface area contributed by atoms with Crippen molar-refractivity contribution in [2.75, 3.05) is 19.6 Å². The summed E-state index contributed by atoms with van der Waals surface area (Å²) in [5.74, 6) is 0.0712. The number of nitrogens with zero attached hydrogens (tertiary/aromatic N) is 4. The summed E-state index contributed by atoms with van der Waals surface area (Å²) >= 11 is 1.55. The molecule has 0 saturated carbocycles. The van der Waals surface area contributed by atoms with Crippen LogP contribution < -0.4 is 0 Å². The Morgan fingerprint density at radius 2 is 2.19 bits per heavy atom. The monoisotopic (exact) mass is 370 g/mol. The molecule has 0 amide bonds.